The number of rotatable bonds is 14. The van der Waals surface area contributed by atoms with Gasteiger partial charge in [0.15, 0.2) is 13.6 Å². The van der Waals surface area contributed by atoms with E-state index in [1.165, 1.54) is 6.42 Å². The SMILES string of the molecule is C.C.C.C.CCC(C)(C)C(=O)OC1CC2CC(C(=O)OCOC3C4CC5CC(C4)C(=O)C3C5)C1C2.CCOCOC(=O)C1CC2CC1C1C3CC(CC3OC(=O)C(C)(C)CC)C21. The summed E-state index contributed by atoms with van der Waals surface area (Å²) in [5, 5.41) is 0. The van der Waals surface area contributed by atoms with E-state index in [2.05, 4.69) is 0 Å². The number of ketones is 1. The van der Waals surface area contributed by atoms with Crippen LogP contribution in [0.15, 0.2) is 0 Å². The fourth-order valence-corrected chi connectivity index (χ4v) is 13.9. The van der Waals surface area contributed by atoms with Crippen molar-refractivity contribution in [2.75, 3.05) is 20.2 Å². The van der Waals surface area contributed by atoms with E-state index >= 15 is 0 Å². The van der Waals surface area contributed by atoms with Gasteiger partial charge >= 0.3 is 23.9 Å². The van der Waals surface area contributed by atoms with Crippen molar-refractivity contribution < 1.29 is 52.4 Å². The summed E-state index contributed by atoms with van der Waals surface area (Å²) in [6.45, 7) is 14.2. The van der Waals surface area contributed by atoms with Crippen LogP contribution in [0.2, 0.25) is 0 Å². The first-order chi connectivity index (χ1) is 27.6. The molecule has 11 nitrogen and oxygen atoms in total. The van der Waals surface area contributed by atoms with Gasteiger partial charge in [-0.2, -0.15) is 0 Å². The smallest absolute Gasteiger partial charge is 0.311 e. The summed E-state index contributed by atoms with van der Waals surface area (Å²) in [6.07, 6.45) is 12.3. The molecule has 356 valence electrons. The Morgan fingerprint density at radius 2 is 1.13 bits per heavy atom. The van der Waals surface area contributed by atoms with Gasteiger partial charge in [0.2, 0.25) is 0 Å². The number of fused-ring (bicyclic) bond motifs is 11. The first-order valence-corrected chi connectivity index (χ1v) is 23.1. The van der Waals surface area contributed by atoms with Crippen LogP contribution in [0.4, 0.5) is 0 Å². The Kier molecular flexibility index (Phi) is 17.1. The van der Waals surface area contributed by atoms with Gasteiger partial charge in [0.1, 0.15) is 18.0 Å². The summed E-state index contributed by atoms with van der Waals surface area (Å²) < 4.78 is 33.9. The zero-order valence-electron chi connectivity index (χ0n) is 36.1. The normalized spacial score (nSPS) is 39.5. The van der Waals surface area contributed by atoms with E-state index < -0.39 is 10.8 Å². The minimum atomic E-state index is -0.498. The Hall–Kier alpha value is -2.53. The molecule has 0 heterocycles. The molecule has 10 aliphatic rings. The van der Waals surface area contributed by atoms with Crippen LogP contribution in [-0.2, 0) is 52.4 Å². The van der Waals surface area contributed by atoms with Crippen LogP contribution in [0, 0.1) is 93.7 Å². The van der Waals surface area contributed by atoms with Gasteiger partial charge in [-0.05, 0) is 171 Å². The molecule has 17 atom stereocenters. The molecule has 17 unspecified atom stereocenters. The van der Waals surface area contributed by atoms with Gasteiger partial charge in [-0.1, -0.05) is 43.6 Å². The number of ether oxygens (including phenoxy) is 6. The highest BCUT2D eigenvalue weighted by Crippen LogP contribution is 2.69. The molecule has 0 aliphatic heterocycles. The summed E-state index contributed by atoms with van der Waals surface area (Å²) in [6, 6.07) is 0. The van der Waals surface area contributed by atoms with Gasteiger partial charge in [0.05, 0.1) is 28.8 Å². The zero-order chi connectivity index (χ0) is 41.3. The predicted molar refractivity (Wildman–Crippen MR) is 238 cm³/mol. The van der Waals surface area contributed by atoms with Crippen molar-refractivity contribution in [3.8, 4) is 0 Å². The van der Waals surface area contributed by atoms with Crippen LogP contribution in [0.5, 0.6) is 0 Å². The minimum absolute atomic E-state index is 0. The van der Waals surface area contributed by atoms with Gasteiger partial charge in [-0.3, -0.25) is 24.0 Å². The molecule has 0 aromatic carbocycles. The summed E-state index contributed by atoms with van der Waals surface area (Å²) >= 11 is 0. The third-order valence-corrected chi connectivity index (χ3v) is 17.5. The second-order valence-electron chi connectivity index (χ2n) is 21.3. The third kappa shape index (κ3) is 9.56. The largest absolute Gasteiger partial charge is 0.462 e. The number of hydrogen-bond donors (Lipinski definition) is 0. The number of carbonyl (C=O) groups is 5. The van der Waals surface area contributed by atoms with E-state index in [0.29, 0.717) is 59.7 Å². The molecule has 62 heavy (non-hydrogen) atoms. The van der Waals surface area contributed by atoms with Crippen molar-refractivity contribution in [2.24, 2.45) is 93.7 Å². The maximum atomic E-state index is 12.8. The lowest BCUT2D eigenvalue weighted by molar-refractivity contribution is -0.193. The molecule has 0 radical (unpaired) electrons. The van der Waals surface area contributed by atoms with Crippen molar-refractivity contribution in [2.45, 2.75) is 180 Å². The van der Waals surface area contributed by atoms with Crippen LogP contribution in [0.1, 0.15) is 162 Å². The van der Waals surface area contributed by atoms with Crippen LogP contribution in [0.25, 0.3) is 0 Å². The molecular formula is C51H86O11. The summed E-state index contributed by atoms with van der Waals surface area (Å²) in [5.41, 5.74) is -0.913. The molecule has 0 amide bonds. The topological polar surface area (TPSA) is 141 Å². The second kappa shape index (κ2) is 20.3. The molecule has 0 spiro atoms. The number of esters is 4. The monoisotopic (exact) mass is 875 g/mol. The Morgan fingerprint density at radius 1 is 0.565 bits per heavy atom. The Bertz CT molecular complexity index is 1590. The van der Waals surface area contributed by atoms with E-state index in [0.717, 1.165) is 83.0 Å². The van der Waals surface area contributed by atoms with Crippen molar-refractivity contribution in [1.29, 1.82) is 0 Å². The quantitative estimate of drug-likeness (QED) is 0.0541. The summed E-state index contributed by atoms with van der Waals surface area (Å²) in [5.74, 6) is 4.91. The summed E-state index contributed by atoms with van der Waals surface area (Å²) in [4.78, 5) is 63.0. The highest BCUT2D eigenvalue weighted by molar-refractivity contribution is 5.86. The van der Waals surface area contributed by atoms with E-state index in [1.54, 1.807) is 0 Å². The number of carbonyl (C=O) groups excluding carboxylic acids is 5. The van der Waals surface area contributed by atoms with Crippen LogP contribution >= 0.6 is 0 Å². The van der Waals surface area contributed by atoms with Crippen LogP contribution < -0.4 is 0 Å². The van der Waals surface area contributed by atoms with Gasteiger partial charge < -0.3 is 28.4 Å². The maximum Gasteiger partial charge on any atom is 0.311 e. The highest BCUT2D eigenvalue weighted by atomic mass is 16.7. The predicted octanol–water partition coefficient (Wildman–Crippen LogP) is 10.2. The molecule has 10 aliphatic carbocycles. The number of Topliss-reactive ketones (excluding diaryl/α,β-unsaturated/α-hetero) is 1. The molecule has 0 saturated heterocycles. The third-order valence-electron chi connectivity index (χ3n) is 17.5. The van der Waals surface area contributed by atoms with E-state index in [-0.39, 0.29) is 115 Å². The Morgan fingerprint density at radius 3 is 1.74 bits per heavy atom. The van der Waals surface area contributed by atoms with Gasteiger partial charge in [0.25, 0.3) is 0 Å². The van der Waals surface area contributed by atoms with Crippen molar-refractivity contribution in [3.63, 3.8) is 0 Å². The molecule has 0 aromatic heterocycles. The lowest BCUT2D eigenvalue weighted by atomic mass is 9.54. The number of hydrogen-bond acceptors (Lipinski definition) is 11. The van der Waals surface area contributed by atoms with E-state index in [9.17, 15) is 24.0 Å². The summed E-state index contributed by atoms with van der Waals surface area (Å²) in [7, 11) is 0. The minimum Gasteiger partial charge on any atom is -0.462 e. The Balaban J connectivity index is 0.000000258. The zero-order valence-corrected chi connectivity index (χ0v) is 36.1. The van der Waals surface area contributed by atoms with Crippen LogP contribution in [0.3, 0.4) is 0 Å². The standard InChI is InChI=1S/C25H36O6.C22H34O5.4CH4/c1-4-25(2,3)24(28)31-20-10-14-7-17(20)18(8-14)23(27)30-12-29-22-16-6-13-5-15(11-16)21(26)19(22)9-13;1-5-22(3,4)21(24)27-17-10-13-9-16(17)19-14-7-12(18(13)19)8-15(14)20(23)26-11-25-6-2;;;;/h13-20,22H,4-12H2,1-3H3;12-19H,5-11H2,1-4H3;4*1H4. The van der Waals surface area contributed by atoms with Gasteiger partial charge in [-0.15, -0.1) is 0 Å². The lowest BCUT2D eigenvalue weighted by Gasteiger charge is -2.52. The molecule has 10 fully saturated rings. The fraction of sp³-hybridized carbons (Fsp3) is 0.902. The second-order valence-corrected chi connectivity index (χ2v) is 21.3. The van der Waals surface area contributed by atoms with E-state index in [4.69, 9.17) is 28.4 Å². The molecule has 11 heteroatoms. The molecule has 10 rings (SSSR count). The first kappa shape index (κ1) is 52.1. The van der Waals surface area contributed by atoms with Crippen LogP contribution in [-0.4, -0.2) is 68.2 Å². The average molecular weight is 875 g/mol. The molecule has 10 bridgehead atoms. The molecule has 0 aromatic rings. The highest BCUT2D eigenvalue weighted by Gasteiger charge is 2.67. The van der Waals surface area contributed by atoms with Crippen molar-refractivity contribution >= 4 is 29.7 Å². The first-order valence-electron chi connectivity index (χ1n) is 23.1. The maximum absolute atomic E-state index is 12.8. The van der Waals surface area contributed by atoms with Gasteiger partial charge in [-0.25, -0.2) is 0 Å². The molecule has 10 saturated carbocycles. The molecule has 0 N–H and O–H groups in total. The lowest BCUT2D eigenvalue weighted by Crippen LogP contribution is -2.55. The molecular weight excluding hydrogens is 789 g/mol. The van der Waals surface area contributed by atoms with Crippen molar-refractivity contribution in [3.05, 3.63) is 0 Å². The van der Waals surface area contributed by atoms with Gasteiger partial charge in [0, 0.05) is 24.4 Å². The Labute approximate surface area is 374 Å². The van der Waals surface area contributed by atoms with Crippen molar-refractivity contribution in [1.82, 2.24) is 0 Å². The fourth-order valence-electron chi connectivity index (χ4n) is 13.9. The average Bonchev–Trinajstić information content (AvgIpc) is 4.07. The van der Waals surface area contributed by atoms with E-state index in [1.807, 2.05) is 48.5 Å².